The molecule has 0 spiro atoms. The first kappa shape index (κ1) is 14.4. The summed E-state index contributed by atoms with van der Waals surface area (Å²) in [6.07, 6.45) is 0. The quantitative estimate of drug-likeness (QED) is 0.496. The second kappa shape index (κ2) is 6.47. The Kier molecular flexibility index (Phi) is 4.67. The van der Waals surface area contributed by atoms with Crippen molar-refractivity contribution in [3.63, 3.8) is 0 Å². The molecule has 1 aromatic carbocycles. The summed E-state index contributed by atoms with van der Waals surface area (Å²) in [5, 5.41) is 0.688. The lowest BCUT2D eigenvalue weighted by molar-refractivity contribution is 0.0952. The SMILES string of the molecule is COCc1nc(-c2ccccc2OC)sc1C(=O)NN. The van der Waals surface area contributed by atoms with Crippen molar-refractivity contribution in [3.05, 3.63) is 34.8 Å². The van der Waals surface area contributed by atoms with Gasteiger partial charge < -0.3 is 9.47 Å². The van der Waals surface area contributed by atoms with Crippen molar-refractivity contribution in [1.82, 2.24) is 10.4 Å². The molecule has 0 aliphatic carbocycles. The van der Waals surface area contributed by atoms with Gasteiger partial charge in [-0.05, 0) is 12.1 Å². The topological polar surface area (TPSA) is 86.5 Å². The van der Waals surface area contributed by atoms with Crippen molar-refractivity contribution in [2.75, 3.05) is 14.2 Å². The third-order valence-corrected chi connectivity index (χ3v) is 3.78. The molecule has 2 rings (SSSR count). The van der Waals surface area contributed by atoms with Crippen molar-refractivity contribution in [2.24, 2.45) is 5.84 Å². The van der Waals surface area contributed by atoms with Crippen LogP contribution in [0.4, 0.5) is 0 Å². The Balaban J connectivity index is 2.50. The summed E-state index contributed by atoms with van der Waals surface area (Å²) < 4.78 is 10.4. The Morgan fingerprint density at radius 1 is 1.40 bits per heavy atom. The highest BCUT2D eigenvalue weighted by Gasteiger charge is 2.19. The lowest BCUT2D eigenvalue weighted by Crippen LogP contribution is -2.30. The van der Waals surface area contributed by atoms with E-state index in [0.29, 0.717) is 21.3 Å². The van der Waals surface area contributed by atoms with Gasteiger partial charge in [0.05, 0.1) is 25.0 Å². The molecule has 0 aliphatic heterocycles. The second-order valence-corrected chi connectivity index (χ2v) is 4.90. The Labute approximate surface area is 120 Å². The number of nitrogens with zero attached hydrogens (tertiary/aromatic N) is 1. The minimum absolute atomic E-state index is 0.244. The molecular formula is C13H15N3O3S. The maximum Gasteiger partial charge on any atom is 0.277 e. The first-order valence-electron chi connectivity index (χ1n) is 5.84. The summed E-state index contributed by atoms with van der Waals surface area (Å²) in [7, 11) is 3.14. The molecule has 7 heteroatoms. The van der Waals surface area contributed by atoms with Crippen molar-refractivity contribution < 1.29 is 14.3 Å². The van der Waals surface area contributed by atoms with Crippen molar-refractivity contribution in [1.29, 1.82) is 0 Å². The van der Waals surface area contributed by atoms with Gasteiger partial charge in [0.1, 0.15) is 15.6 Å². The predicted molar refractivity (Wildman–Crippen MR) is 76.5 cm³/mol. The van der Waals surface area contributed by atoms with Crippen LogP contribution >= 0.6 is 11.3 Å². The second-order valence-electron chi connectivity index (χ2n) is 3.90. The summed E-state index contributed by atoms with van der Waals surface area (Å²) in [5.74, 6) is 5.51. The van der Waals surface area contributed by atoms with Gasteiger partial charge in [0.25, 0.3) is 5.91 Å². The Morgan fingerprint density at radius 2 is 2.15 bits per heavy atom. The lowest BCUT2D eigenvalue weighted by atomic mass is 10.2. The minimum Gasteiger partial charge on any atom is -0.496 e. The molecule has 2 aromatic rings. The molecule has 106 valence electrons. The number of nitrogens with one attached hydrogen (secondary N) is 1. The summed E-state index contributed by atoms with van der Waals surface area (Å²) in [6, 6.07) is 7.49. The smallest absolute Gasteiger partial charge is 0.277 e. The Morgan fingerprint density at radius 3 is 2.80 bits per heavy atom. The monoisotopic (exact) mass is 293 g/mol. The van der Waals surface area contributed by atoms with Crippen molar-refractivity contribution >= 4 is 17.2 Å². The van der Waals surface area contributed by atoms with Gasteiger partial charge in [-0.15, -0.1) is 11.3 Å². The third kappa shape index (κ3) is 2.79. The number of carbonyl (C=O) groups excluding carboxylic acids is 1. The highest BCUT2D eigenvalue weighted by molar-refractivity contribution is 7.17. The number of thiazole rings is 1. The number of methoxy groups -OCH3 is 2. The number of ether oxygens (including phenoxy) is 2. The van der Waals surface area contributed by atoms with Gasteiger partial charge in [0.2, 0.25) is 0 Å². The van der Waals surface area contributed by atoms with Gasteiger partial charge in [-0.2, -0.15) is 0 Å². The average molecular weight is 293 g/mol. The number of nitrogens with two attached hydrogens (primary N) is 1. The number of para-hydroxylation sites is 1. The summed E-state index contributed by atoms with van der Waals surface area (Å²) in [5.41, 5.74) is 3.50. The Hall–Kier alpha value is -1.96. The van der Waals surface area contributed by atoms with E-state index in [1.807, 2.05) is 24.3 Å². The van der Waals surface area contributed by atoms with Gasteiger partial charge in [-0.25, -0.2) is 10.8 Å². The molecule has 0 radical (unpaired) electrons. The molecule has 0 unspecified atom stereocenters. The number of hydrogen-bond donors (Lipinski definition) is 2. The zero-order chi connectivity index (χ0) is 14.5. The van der Waals surface area contributed by atoms with E-state index in [2.05, 4.69) is 10.4 Å². The van der Waals surface area contributed by atoms with Crippen LogP contribution in [0.25, 0.3) is 10.6 Å². The van der Waals surface area contributed by atoms with Crippen LogP contribution in [0.3, 0.4) is 0 Å². The molecular weight excluding hydrogens is 278 g/mol. The molecule has 0 atom stereocenters. The highest BCUT2D eigenvalue weighted by Crippen LogP contribution is 2.34. The predicted octanol–water partition coefficient (Wildman–Crippen LogP) is 1.57. The van der Waals surface area contributed by atoms with E-state index in [0.717, 1.165) is 5.56 Å². The third-order valence-electron chi connectivity index (χ3n) is 2.65. The molecule has 20 heavy (non-hydrogen) atoms. The normalized spacial score (nSPS) is 10.3. The first-order chi connectivity index (χ1) is 9.71. The van der Waals surface area contributed by atoms with E-state index in [-0.39, 0.29) is 12.5 Å². The van der Waals surface area contributed by atoms with Gasteiger partial charge in [0.15, 0.2) is 0 Å². The summed E-state index contributed by atoms with van der Waals surface area (Å²) >= 11 is 1.25. The van der Waals surface area contributed by atoms with Crippen LogP contribution in [-0.4, -0.2) is 25.1 Å². The first-order valence-corrected chi connectivity index (χ1v) is 6.65. The number of aromatic nitrogens is 1. The standard InChI is InChI=1S/C13H15N3O3S/c1-18-7-9-11(12(17)16-14)20-13(15-9)8-5-3-4-6-10(8)19-2/h3-6H,7,14H2,1-2H3,(H,16,17). The molecule has 0 saturated carbocycles. The Bertz CT molecular complexity index is 613. The van der Waals surface area contributed by atoms with Crippen LogP contribution in [0.1, 0.15) is 15.4 Å². The van der Waals surface area contributed by atoms with Crippen molar-refractivity contribution in [2.45, 2.75) is 6.61 Å². The maximum atomic E-state index is 11.8. The van der Waals surface area contributed by atoms with E-state index in [1.165, 1.54) is 11.3 Å². The number of carbonyl (C=O) groups is 1. The molecule has 0 saturated heterocycles. The average Bonchev–Trinajstić information content (AvgIpc) is 2.90. The number of benzene rings is 1. The molecule has 0 fully saturated rings. The molecule has 3 N–H and O–H groups in total. The summed E-state index contributed by atoms with van der Waals surface area (Å²) in [4.78, 5) is 16.6. The fraction of sp³-hybridized carbons (Fsp3) is 0.231. The van der Waals surface area contributed by atoms with Gasteiger partial charge >= 0.3 is 0 Å². The van der Waals surface area contributed by atoms with E-state index in [1.54, 1.807) is 14.2 Å². The number of hydrogen-bond acceptors (Lipinski definition) is 6. The molecule has 0 aliphatic rings. The van der Waals surface area contributed by atoms with Crippen LogP contribution in [0.2, 0.25) is 0 Å². The van der Waals surface area contributed by atoms with Crippen molar-refractivity contribution in [3.8, 4) is 16.3 Å². The van der Waals surface area contributed by atoms with Gasteiger partial charge in [-0.3, -0.25) is 10.2 Å². The fourth-order valence-corrected chi connectivity index (χ4v) is 2.77. The summed E-state index contributed by atoms with van der Waals surface area (Å²) in [6.45, 7) is 0.244. The highest BCUT2D eigenvalue weighted by atomic mass is 32.1. The lowest BCUT2D eigenvalue weighted by Gasteiger charge is -2.04. The van der Waals surface area contributed by atoms with E-state index in [9.17, 15) is 4.79 Å². The van der Waals surface area contributed by atoms with Crippen LogP contribution < -0.4 is 16.0 Å². The van der Waals surface area contributed by atoms with Crippen LogP contribution in [0.5, 0.6) is 5.75 Å². The maximum absolute atomic E-state index is 11.8. The van der Waals surface area contributed by atoms with Crippen LogP contribution in [-0.2, 0) is 11.3 Å². The minimum atomic E-state index is -0.379. The van der Waals surface area contributed by atoms with Crippen LogP contribution in [0.15, 0.2) is 24.3 Å². The number of hydrazine groups is 1. The molecule has 6 nitrogen and oxygen atoms in total. The molecule has 1 amide bonds. The number of rotatable bonds is 5. The fourth-order valence-electron chi connectivity index (χ4n) is 1.77. The van der Waals surface area contributed by atoms with Crippen LogP contribution in [0, 0.1) is 0 Å². The zero-order valence-electron chi connectivity index (χ0n) is 11.2. The zero-order valence-corrected chi connectivity index (χ0v) is 12.0. The molecule has 1 heterocycles. The van der Waals surface area contributed by atoms with E-state index < -0.39 is 0 Å². The van der Waals surface area contributed by atoms with E-state index in [4.69, 9.17) is 15.3 Å². The number of amides is 1. The van der Waals surface area contributed by atoms with Gasteiger partial charge in [-0.1, -0.05) is 12.1 Å². The van der Waals surface area contributed by atoms with Gasteiger partial charge in [0, 0.05) is 7.11 Å². The molecule has 1 aromatic heterocycles. The largest absolute Gasteiger partial charge is 0.496 e. The molecule has 0 bridgehead atoms. The van der Waals surface area contributed by atoms with E-state index >= 15 is 0 Å². The number of nitrogen functional groups attached to an aromatic ring is 1.